The van der Waals surface area contributed by atoms with Crippen LogP contribution < -0.4 is 15.0 Å². The van der Waals surface area contributed by atoms with Gasteiger partial charge in [0.05, 0.1) is 6.10 Å². The van der Waals surface area contributed by atoms with Crippen LogP contribution in [0.4, 0.5) is 5.69 Å². The predicted octanol–water partition coefficient (Wildman–Crippen LogP) is 3.06. The van der Waals surface area contributed by atoms with Crippen molar-refractivity contribution in [3.05, 3.63) is 59.7 Å². The number of ether oxygens (including phenoxy) is 1. The summed E-state index contributed by atoms with van der Waals surface area (Å²) in [5.41, 5.74) is 2.60. The summed E-state index contributed by atoms with van der Waals surface area (Å²) in [6, 6.07) is 14.9. The second-order valence-electron chi connectivity index (χ2n) is 6.16. The number of carbonyl (C=O) groups excluding carboxylic acids is 2. The lowest BCUT2D eigenvalue weighted by Crippen LogP contribution is -2.40. The zero-order chi connectivity index (χ0) is 18.4. The van der Waals surface area contributed by atoms with E-state index in [9.17, 15) is 9.59 Å². The first kappa shape index (κ1) is 18.5. The van der Waals surface area contributed by atoms with E-state index < -0.39 is 11.8 Å². The van der Waals surface area contributed by atoms with Crippen molar-refractivity contribution in [1.82, 2.24) is 5.32 Å². The van der Waals surface area contributed by atoms with E-state index in [1.807, 2.05) is 69.3 Å². The molecule has 0 spiro atoms. The van der Waals surface area contributed by atoms with Crippen molar-refractivity contribution in [2.45, 2.75) is 33.4 Å². The summed E-state index contributed by atoms with van der Waals surface area (Å²) in [6.45, 7) is 6.08. The summed E-state index contributed by atoms with van der Waals surface area (Å²) in [5.74, 6) is -0.550. The molecule has 0 heterocycles. The Morgan fingerprint density at radius 3 is 2.36 bits per heavy atom. The van der Waals surface area contributed by atoms with Gasteiger partial charge in [0, 0.05) is 24.8 Å². The highest BCUT2D eigenvalue weighted by molar-refractivity contribution is 6.40. The SMILES string of the molecule is Cc1ccc(N(C)C(=O)C(=O)NCc2ccccc2OC(C)C)cc1. The number of benzene rings is 2. The van der Waals surface area contributed by atoms with Crippen molar-refractivity contribution in [1.29, 1.82) is 0 Å². The van der Waals surface area contributed by atoms with Crippen LogP contribution >= 0.6 is 0 Å². The molecule has 0 radical (unpaired) electrons. The number of nitrogens with zero attached hydrogens (tertiary/aromatic N) is 1. The molecule has 2 aromatic carbocycles. The number of likely N-dealkylation sites (N-methyl/N-ethyl adjacent to an activating group) is 1. The lowest BCUT2D eigenvalue weighted by molar-refractivity contribution is -0.137. The van der Waals surface area contributed by atoms with E-state index in [1.54, 1.807) is 7.05 Å². The van der Waals surface area contributed by atoms with Crippen LogP contribution in [0, 0.1) is 6.92 Å². The van der Waals surface area contributed by atoms with Gasteiger partial charge in [-0.25, -0.2) is 0 Å². The molecule has 0 aliphatic carbocycles. The average molecular weight is 340 g/mol. The summed E-state index contributed by atoms with van der Waals surface area (Å²) < 4.78 is 5.72. The van der Waals surface area contributed by atoms with Gasteiger partial charge in [-0.05, 0) is 39.0 Å². The molecule has 25 heavy (non-hydrogen) atoms. The van der Waals surface area contributed by atoms with Gasteiger partial charge >= 0.3 is 11.8 Å². The fourth-order valence-electron chi connectivity index (χ4n) is 2.31. The lowest BCUT2D eigenvalue weighted by atomic mass is 10.2. The molecule has 2 aromatic rings. The van der Waals surface area contributed by atoms with E-state index in [2.05, 4.69) is 5.32 Å². The summed E-state index contributed by atoms with van der Waals surface area (Å²) >= 11 is 0. The minimum absolute atomic E-state index is 0.0335. The first-order valence-corrected chi connectivity index (χ1v) is 8.25. The molecule has 1 N–H and O–H groups in total. The summed E-state index contributed by atoms with van der Waals surface area (Å²) in [6.07, 6.45) is 0.0335. The summed E-state index contributed by atoms with van der Waals surface area (Å²) in [5, 5.41) is 2.66. The normalized spacial score (nSPS) is 10.4. The van der Waals surface area contributed by atoms with E-state index in [1.165, 1.54) is 4.90 Å². The second kappa shape index (κ2) is 8.33. The van der Waals surface area contributed by atoms with Gasteiger partial charge in [0.2, 0.25) is 0 Å². The molecule has 132 valence electrons. The molecule has 5 heteroatoms. The molecular weight excluding hydrogens is 316 g/mol. The minimum Gasteiger partial charge on any atom is -0.491 e. The molecule has 0 aliphatic heterocycles. The largest absolute Gasteiger partial charge is 0.491 e. The minimum atomic E-state index is -0.651. The van der Waals surface area contributed by atoms with Crippen molar-refractivity contribution in [3.8, 4) is 5.75 Å². The monoisotopic (exact) mass is 340 g/mol. The highest BCUT2D eigenvalue weighted by Gasteiger charge is 2.20. The van der Waals surface area contributed by atoms with Gasteiger partial charge in [-0.15, -0.1) is 0 Å². The Bertz CT molecular complexity index is 739. The fourth-order valence-corrected chi connectivity index (χ4v) is 2.31. The molecule has 0 fully saturated rings. The zero-order valence-electron chi connectivity index (χ0n) is 15.1. The molecule has 0 atom stereocenters. The van der Waals surface area contributed by atoms with Crippen molar-refractivity contribution < 1.29 is 14.3 Å². The second-order valence-corrected chi connectivity index (χ2v) is 6.16. The van der Waals surface area contributed by atoms with E-state index in [4.69, 9.17) is 4.74 Å². The smallest absolute Gasteiger partial charge is 0.316 e. The number of aryl methyl sites for hydroxylation is 1. The van der Waals surface area contributed by atoms with Gasteiger partial charge in [0.15, 0.2) is 0 Å². The molecule has 5 nitrogen and oxygen atoms in total. The first-order chi connectivity index (χ1) is 11.9. The lowest BCUT2D eigenvalue weighted by Gasteiger charge is -2.18. The van der Waals surface area contributed by atoms with Crippen LogP contribution in [-0.2, 0) is 16.1 Å². The Morgan fingerprint density at radius 1 is 1.08 bits per heavy atom. The molecule has 2 amide bonds. The van der Waals surface area contributed by atoms with Gasteiger partial charge in [0.1, 0.15) is 5.75 Å². The van der Waals surface area contributed by atoms with Crippen molar-refractivity contribution >= 4 is 17.5 Å². The quantitative estimate of drug-likeness (QED) is 0.851. The Morgan fingerprint density at radius 2 is 1.72 bits per heavy atom. The van der Waals surface area contributed by atoms with Crippen molar-refractivity contribution in [2.24, 2.45) is 0 Å². The van der Waals surface area contributed by atoms with Gasteiger partial charge in [-0.3, -0.25) is 9.59 Å². The topological polar surface area (TPSA) is 58.6 Å². The fraction of sp³-hybridized carbons (Fsp3) is 0.300. The molecule has 0 saturated heterocycles. The number of nitrogens with one attached hydrogen (secondary N) is 1. The number of hydrogen-bond donors (Lipinski definition) is 1. The molecular formula is C20H24N2O3. The third kappa shape index (κ3) is 5.08. The summed E-state index contributed by atoms with van der Waals surface area (Å²) in [7, 11) is 1.59. The molecule has 0 saturated carbocycles. The van der Waals surface area contributed by atoms with Crippen LogP contribution in [0.25, 0.3) is 0 Å². The Kier molecular flexibility index (Phi) is 6.17. The van der Waals surface area contributed by atoms with Gasteiger partial charge in [-0.1, -0.05) is 35.9 Å². The molecule has 0 bridgehead atoms. The maximum absolute atomic E-state index is 12.3. The van der Waals surface area contributed by atoms with Gasteiger partial charge < -0.3 is 15.0 Å². The van der Waals surface area contributed by atoms with E-state index >= 15 is 0 Å². The number of para-hydroxylation sites is 1. The summed E-state index contributed by atoms with van der Waals surface area (Å²) in [4.78, 5) is 25.8. The number of amides is 2. The average Bonchev–Trinajstić information content (AvgIpc) is 2.59. The number of carbonyl (C=O) groups is 2. The van der Waals surface area contributed by atoms with Gasteiger partial charge in [-0.2, -0.15) is 0 Å². The van der Waals surface area contributed by atoms with Crippen LogP contribution in [0.2, 0.25) is 0 Å². The van der Waals surface area contributed by atoms with Crippen molar-refractivity contribution in [3.63, 3.8) is 0 Å². The van der Waals surface area contributed by atoms with Crippen LogP contribution in [0.5, 0.6) is 5.75 Å². The Balaban J connectivity index is 2.00. The maximum atomic E-state index is 12.3. The van der Waals surface area contributed by atoms with E-state index in [0.29, 0.717) is 11.4 Å². The molecule has 0 unspecified atom stereocenters. The zero-order valence-corrected chi connectivity index (χ0v) is 15.1. The molecule has 0 aliphatic rings. The third-order valence-electron chi connectivity index (χ3n) is 3.69. The molecule has 2 rings (SSSR count). The molecule has 0 aromatic heterocycles. The first-order valence-electron chi connectivity index (χ1n) is 8.25. The standard InChI is InChI=1S/C20H24N2O3/c1-14(2)25-18-8-6-5-7-16(18)13-21-19(23)20(24)22(4)17-11-9-15(3)10-12-17/h5-12,14H,13H2,1-4H3,(H,21,23). The van der Waals surface area contributed by atoms with Gasteiger partial charge in [0.25, 0.3) is 0 Å². The Labute approximate surface area is 148 Å². The highest BCUT2D eigenvalue weighted by Crippen LogP contribution is 2.19. The van der Waals surface area contributed by atoms with E-state index in [-0.39, 0.29) is 12.6 Å². The predicted molar refractivity (Wildman–Crippen MR) is 98.6 cm³/mol. The van der Waals surface area contributed by atoms with E-state index in [0.717, 1.165) is 11.1 Å². The number of hydrogen-bond acceptors (Lipinski definition) is 3. The number of rotatable bonds is 5. The van der Waals surface area contributed by atoms with Crippen LogP contribution in [-0.4, -0.2) is 25.0 Å². The van der Waals surface area contributed by atoms with Crippen LogP contribution in [0.1, 0.15) is 25.0 Å². The van der Waals surface area contributed by atoms with Crippen molar-refractivity contribution in [2.75, 3.05) is 11.9 Å². The number of anilines is 1. The van der Waals surface area contributed by atoms with Crippen LogP contribution in [0.3, 0.4) is 0 Å². The maximum Gasteiger partial charge on any atom is 0.316 e. The third-order valence-corrected chi connectivity index (χ3v) is 3.69. The van der Waals surface area contributed by atoms with Crippen LogP contribution in [0.15, 0.2) is 48.5 Å². The Hall–Kier alpha value is -2.82. The highest BCUT2D eigenvalue weighted by atomic mass is 16.5.